The van der Waals surface area contributed by atoms with E-state index >= 15 is 0 Å². The van der Waals surface area contributed by atoms with Crippen LogP contribution in [-0.2, 0) is 4.74 Å². The Bertz CT molecular complexity index is 381. The Balaban J connectivity index is 3.06. The van der Waals surface area contributed by atoms with Gasteiger partial charge in [0.25, 0.3) is 0 Å². The van der Waals surface area contributed by atoms with E-state index in [0.29, 0.717) is 0 Å². The number of benzene rings is 1. The van der Waals surface area contributed by atoms with Gasteiger partial charge < -0.3 is 10.1 Å². The minimum absolute atomic E-state index is 0.101. The highest BCUT2D eigenvalue weighted by atomic mass is 16.5. The van der Waals surface area contributed by atoms with E-state index in [4.69, 9.17) is 4.74 Å². The molecule has 0 heterocycles. The molecular formula is C17H29NO. The first-order chi connectivity index (χ1) is 8.90. The van der Waals surface area contributed by atoms with Crippen LogP contribution in [0.5, 0.6) is 0 Å². The summed E-state index contributed by atoms with van der Waals surface area (Å²) in [6.07, 6.45) is 1.28. The van der Waals surface area contributed by atoms with Crippen LogP contribution in [-0.4, -0.2) is 19.8 Å². The molecule has 1 aromatic carbocycles. The summed E-state index contributed by atoms with van der Waals surface area (Å²) < 4.78 is 5.81. The Kier molecular flexibility index (Phi) is 6.02. The summed E-state index contributed by atoms with van der Waals surface area (Å²) in [6, 6.07) is 8.95. The molecular weight excluding hydrogens is 234 g/mol. The lowest BCUT2D eigenvalue weighted by Gasteiger charge is -2.37. The molecule has 0 spiro atoms. The van der Waals surface area contributed by atoms with Crippen molar-refractivity contribution in [2.45, 2.75) is 53.2 Å². The SMILES string of the molecule is CCCNC(c1cccc(C)c1)C(OC)C(C)(C)C. The number of hydrogen-bond acceptors (Lipinski definition) is 2. The van der Waals surface area contributed by atoms with E-state index < -0.39 is 0 Å². The van der Waals surface area contributed by atoms with E-state index in [-0.39, 0.29) is 17.6 Å². The second-order valence-electron chi connectivity index (χ2n) is 6.37. The number of rotatable bonds is 6. The van der Waals surface area contributed by atoms with Crippen molar-refractivity contribution in [1.29, 1.82) is 0 Å². The third kappa shape index (κ3) is 4.63. The van der Waals surface area contributed by atoms with Crippen molar-refractivity contribution in [3.63, 3.8) is 0 Å². The minimum atomic E-state index is 0.101. The fraction of sp³-hybridized carbons (Fsp3) is 0.647. The standard InChI is InChI=1S/C17H29NO/c1-7-11-18-15(16(19-6)17(3,4)5)14-10-8-9-13(2)12-14/h8-10,12,15-16,18H,7,11H2,1-6H3. The van der Waals surface area contributed by atoms with Crippen LogP contribution in [0.2, 0.25) is 0 Å². The average molecular weight is 263 g/mol. The average Bonchev–Trinajstić information content (AvgIpc) is 2.32. The van der Waals surface area contributed by atoms with Crippen molar-refractivity contribution in [3.05, 3.63) is 35.4 Å². The van der Waals surface area contributed by atoms with Crippen LogP contribution in [0.3, 0.4) is 0 Å². The van der Waals surface area contributed by atoms with Gasteiger partial charge in [0.15, 0.2) is 0 Å². The van der Waals surface area contributed by atoms with Crippen molar-refractivity contribution < 1.29 is 4.74 Å². The summed E-state index contributed by atoms with van der Waals surface area (Å²) in [6.45, 7) is 12.0. The first-order valence-corrected chi connectivity index (χ1v) is 7.23. The van der Waals surface area contributed by atoms with Gasteiger partial charge in [-0.2, -0.15) is 0 Å². The number of hydrogen-bond donors (Lipinski definition) is 1. The summed E-state index contributed by atoms with van der Waals surface area (Å²) in [5.41, 5.74) is 2.71. The van der Waals surface area contributed by atoms with Crippen LogP contribution in [0.4, 0.5) is 0 Å². The third-order valence-electron chi connectivity index (χ3n) is 3.43. The molecule has 2 nitrogen and oxygen atoms in total. The van der Waals surface area contributed by atoms with Gasteiger partial charge in [0.1, 0.15) is 0 Å². The number of aryl methyl sites for hydroxylation is 1. The summed E-state index contributed by atoms with van der Waals surface area (Å²) in [5, 5.41) is 3.65. The van der Waals surface area contributed by atoms with Gasteiger partial charge in [-0.15, -0.1) is 0 Å². The minimum Gasteiger partial charge on any atom is -0.379 e. The van der Waals surface area contributed by atoms with Crippen molar-refractivity contribution in [3.8, 4) is 0 Å². The summed E-state index contributed by atoms with van der Waals surface area (Å²) in [4.78, 5) is 0. The molecule has 1 aromatic rings. The topological polar surface area (TPSA) is 21.3 Å². The molecule has 1 N–H and O–H groups in total. The van der Waals surface area contributed by atoms with E-state index in [1.807, 2.05) is 7.11 Å². The van der Waals surface area contributed by atoms with E-state index in [2.05, 4.69) is 64.2 Å². The van der Waals surface area contributed by atoms with Gasteiger partial charge >= 0.3 is 0 Å². The highest BCUT2D eigenvalue weighted by molar-refractivity contribution is 5.26. The second kappa shape index (κ2) is 7.06. The van der Waals surface area contributed by atoms with E-state index in [1.54, 1.807) is 0 Å². The van der Waals surface area contributed by atoms with Crippen LogP contribution in [0, 0.1) is 12.3 Å². The van der Waals surface area contributed by atoms with Gasteiger partial charge in [0.05, 0.1) is 12.1 Å². The van der Waals surface area contributed by atoms with Gasteiger partial charge in [0.2, 0.25) is 0 Å². The Morgan fingerprint density at radius 2 is 1.95 bits per heavy atom. The second-order valence-corrected chi connectivity index (χ2v) is 6.37. The largest absolute Gasteiger partial charge is 0.379 e. The maximum Gasteiger partial charge on any atom is 0.0814 e. The summed E-state index contributed by atoms with van der Waals surface area (Å²) >= 11 is 0. The van der Waals surface area contributed by atoms with Gasteiger partial charge in [-0.3, -0.25) is 0 Å². The normalized spacial score (nSPS) is 15.3. The maximum absolute atomic E-state index is 5.81. The molecule has 0 aliphatic rings. The molecule has 0 aliphatic carbocycles. The predicted octanol–water partition coefficient (Wildman–Crippen LogP) is 4.10. The third-order valence-corrected chi connectivity index (χ3v) is 3.43. The molecule has 0 bridgehead atoms. The number of ether oxygens (including phenoxy) is 1. The van der Waals surface area contributed by atoms with E-state index in [9.17, 15) is 0 Å². The zero-order valence-electron chi connectivity index (χ0n) is 13.3. The first kappa shape index (κ1) is 16.2. The van der Waals surface area contributed by atoms with Crippen molar-refractivity contribution in [2.75, 3.05) is 13.7 Å². The van der Waals surface area contributed by atoms with Crippen molar-refractivity contribution in [2.24, 2.45) is 5.41 Å². The zero-order valence-corrected chi connectivity index (χ0v) is 13.3. The lowest BCUT2D eigenvalue weighted by Crippen LogP contribution is -2.41. The van der Waals surface area contributed by atoms with Gasteiger partial charge in [-0.25, -0.2) is 0 Å². The monoisotopic (exact) mass is 263 g/mol. The molecule has 19 heavy (non-hydrogen) atoms. The fourth-order valence-electron chi connectivity index (χ4n) is 2.55. The molecule has 108 valence electrons. The molecule has 0 amide bonds. The number of nitrogens with one attached hydrogen (secondary N) is 1. The van der Waals surface area contributed by atoms with Crippen LogP contribution in [0.1, 0.15) is 51.3 Å². The zero-order chi connectivity index (χ0) is 14.5. The van der Waals surface area contributed by atoms with Crippen LogP contribution in [0.15, 0.2) is 24.3 Å². The number of methoxy groups -OCH3 is 1. The maximum atomic E-state index is 5.81. The molecule has 0 aliphatic heterocycles. The highest BCUT2D eigenvalue weighted by Crippen LogP contribution is 2.32. The van der Waals surface area contributed by atoms with E-state index in [0.717, 1.165) is 13.0 Å². The van der Waals surface area contributed by atoms with Crippen molar-refractivity contribution in [1.82, 2.24) is 5.32 Å². The molecule has 2 atom stereocenters. The van der Waals surface area contributed by atoms with Crippen LogP contribution in [0.25, 0.3) is 0 Å². The lowest BCUT2D eigenvalue weighted by molar-refractivity contribution is -0.0119. The van der Waals surface area contributed by atoms with Gasteiger partial charge in [0, 0.05) is 7.11 Å². The molecule has 0 fully saturated rings. The molecule has 2 heteroatoms. The van der Waals surface area contributed by atoms with Gasteiger partial charge in [-0.1, -0.05) is 57.5 Å². The van der Waals surface area contributed by atoms with E-state index in [1.165, 1.54) is 11.1 Å². The first-order valence-electron chi connectivity index (χ1n) is 7.23. The van der Waals surface area contributed by atoms with Crippen LogP contribution < -0.4 is 5.32 Å². The van der Waals surface area contributed by atoms with Crippen LogP contribution >= 0.6 is 0 Å². The molecule has 0 saturated carbocycles. The highest BCUT2D eigenvalue weighted by Gasteiger charge is 2.33. The van der Waals surface area contributed by atoms with Crippen molar-refractivity contribution >= 4 is 0 Å². The summed E-state index contributed by atoms with van der Waals surface area (Å²) in [7, 11) is 1.81. The molecule has 0 aromatic heterocycles. The molecule has 1 rings (SSSR count). The Hall–Kier alpha value is -0.860. The molecule has 0 radical (unpaired) electrons. The predicted molar refractivity (Wildman–Crippen MR) is 82.5 cm³/mol. The Morgan fingerprint density at radius 3 is 2.42 bits per heavy atom. The quantitative estimate of drug-likeness (QED) is 0.834. The Morgan fingerprint density at radius 1 is 1.26 bits per heavy atom. The van der Waals surface area contributed by atoms with Gasteiger partial charge in [-0.05, 0) is 30.9 Å². The summed E-state index contributed by atoms with van der Waals surface area (Å²) in [5.74, 6) is 0. The Labute approximate surface area is 118 Å². The lowest BCUT2D eigenvalue weighted by atomic mass is 9.81. The fourth-order valence-corrected chi connectivity index (χ4v) is 2.55. The smallest absolute Gasteiger partial charge is 0.0814 e. The molecule has 2 unspecified atom stereocenters. The molecule has 0 saturated heterocycles.